The standard InChI is InChI=1S/C19H21Cl2N5S/c1-12(22)13-5-8-25(9-6-13)19-24-11-16(18-23-7-10-26(18)19)27-15-4-2-3-14(20)17(15)21/h2-4,7,10-13H,5-6,8-9,22H2,1H3/t12-/m1/s1. The van der Waals surface area contributed by atoms with Crippen LogP contribution in [0.1, 0.15) is 19.8 Å². The van der Waals surface area contributed by atoms with Crippen molar-refractivity contribution < 1.29 is 0 Å². The highest BCUT2D eigenvalue weighted by atomic mass is 35.5. The fourth-order valence-electron chi connectivity index (χ4n) is 3.50. The van der Waals surface area contributed by atoms with Crippen LogP contribution in [0, 0.1) is 5.92 Å². The zero-order chi connectivity index (χ0) is 19.0. The van der Waals surface area contributed by atoms with Gasteiger partial charge in [0, 0.05) is 42.6 Å². The third kappa shape index (κ3) is 3.76. The number of piperidine rings is 1. The van der Waals surface area contributed by atoms with Crippen LogP contribution in [-0.2, 0) is 0 Å². The first kappa shape index (κ1) is 18.9. The molecule has 1 atom stereocenters. The van der Waals surface area contributed by atoms with Crippen LogP contribution in [0.4, 0.5) is 5.95 Å². The van der Waals surface area contributed by atoms with E-state index in [0.29, 0.717) is 16.0 Å². The molecule has 5 nitrogen and oxygen atoms in total. The number of imidazole rings is 1. The topological polar surface area (TPSA) is 59.5 Å². The molecule has 0 amide bonds. The Kier molecular flexibility index (Phi) is 5.50. The molecular weight excluding hydrogens is 401 g/mol. The van der Waals surface area contributed by atoms with E-state index in [0.717, 1.165) is 47.3 Å². The highest BCUT2D eigenvalue weighted by molar-refractivity contribution is 7.99. The third-order valence-corrected chi connectivity index (χ3v) is 7.07. The minimum atomic E-state index is 0.245. The van der Waals surface area contributed by atoms with Gasteiger partial charge in [0.2, 0.25) is 5.95 Å². The Morgan fingerprint density at radius 3 is 2.70 bits per heavy atom. The van der Waals surface area contributed by atoms with E-state index in [4.69, 9.17) is 33.9 Å². The van der Waals surface area contributed by atoms with Gasteiger partial charge in [-0.15, -0.1) is 0 Å². The Morgan fingerprint density at radius 2 is 1.96 bits per heavy atom. The van der Waals surface area contributed by atoms with E-state index in [1.165, 1.54) is 11.8 Å². The number of aromatic nitrogens is 3. The van der Waals surface area contributed by atoms with E-state index in [1.54, 1.807) is 12.3 Å². The Hall–Kier alpha value is -1.47. The quantitative estimate of drug-likeness (QED) is 0.658. The van der Waals surface area contributed by atoms with Crippen LogP contribution in [0.2, 0.25) is 10.0 Å². The predicted molar refractivity (Wildman–Crippen MR) is 112 cm³/mol. The summed E-state index contributed by atoms with van der Waals surface area (Å²) < 4.78 is 2.05. The molecule has 3 aromatic rings. The Labute approximate surface area is 172 Å². The van der Waals surface area contributed by atoms with Crippen molar-refractivity contribution in [1.82, 2.24) is 14.4 Å². The smallest absolute Gasteiger partial charge is 0.211 e. The van der Waals surface area contributed by atoms with Crippen molar-refractivity contribution in [3.63, 3.8) is 0 Å². The van der Waals surface area contributed by atoms with Crippen molar-refractivity contribution in [3.8, 4) is 0 Å². The molecule has 0 aliphatic carbocycles. The molecule has 0 saturated carbocycles. The lowest BCUT2D eigenvalue weighted by Gasteiger charge is -2.34. The third-order valence-electron chi connectivity index (χ3n) is 5.08. The average Bonchev–Trinajstić information content (AvgIpc) is 3.16. The van der Waals surface area contributed by atoms with Crippen LogP contribution in [-0.4, -0.2) is 33.5 Å². The normalized spacial score (nSPS) is 16.8. The van der Waals surface area contributed by atoms with E-state index in [-0.39, 0.29) is 6.04 Å². The maximum absolute atomic E-state index is 6.34. The molecule has 4 rings (SSSR count). The second-order valence-electron chi connectivity index (χ2n) is 6.88. The number of anilines is 1. The van der Waals surface area contributed by atoms with Gasteiger partial charge in [-0.05, 0) is 37.8 Å². The van der Waals surface area contributed by atoms with Gasteiger partial charge in [0.05, 0.1) is 14.9 Å². The Morgan fingerprint density at radius 1 is 1.19 bits per heavy atom. The van der Waals surface area contributed by atoms with E-state index >= 15 is 0 Å². The van der Waals surface area contributed by atoms with Crippen LogP contribution in [0.15, 0.2) is 46.6 Å². The summed E-state index contributed by atoms with van der Waals surface area (Å²) in [6, 6.07) is 5.87. The fourth-order valence-corrected chi connectivity index (χ4v) is 4.90. The molecule has 0 unspecified atom stereocenters. The number of nitrogens with two attached hydrogens (primary N) is 1. The lowest BCUT2D eigenvalue weighted by atomic mass is 9.91. The van der Waals surface area contributed by atoms with Gasteiger partial charge in [-0.25, -0.2) is 9.97 Å². The summed E-state index contributed by atoms with van der Waals surface area (Å²) in [5, 5.41) is 1.10. The van der Waals surface area contributed by atoms with E-state index in [2.05, 4.69) is 16.8 Å². The molecule has 0 radical (unpaired) electrons. The van der Waals surface area contributed by atoms with Gasteiger partial charge >= 0.3 is 0 Å². The number of benzene rings is 1. The molecule has 1 saturated heterocycles. The van der Waals surface area contributed by atoms with Gasteiger partial charge in [-0.2, -0.15) is 0 Å². The largest absolute Gasteiger partial charge is 0.342 e. The molecule has 0 bridgehead atoms. The van der Waals surface area contributed by atoms with Gasteiger partial charge in [-0.1, -0.05) is 41.0 Å². The number of fused-ring (bicyclic) bond motifs is 1. The monoisotopic (exact) mass is 421 g/mol. The fraction of sp³-hybridized carbons (Fsp3) is 0.368. The summed E-state index contributed by atoms with van der Waals surface area (Å²) in [5.41, 5.74) is 6.94. The molecule has 3 heterocycles. The minimum Gasteiger partial charge on any atom is -0.342 e. The molecule has 1 aliphatic rings. The van der Waals surface area contributed by atoms with Crippen LogP contribution in [0.5, 0.6) is 0 Å². The average molecular weight is 422 g/mol. The molecule has 8 heteroatoms. The summed E-state index contributed by atoms with van der Waals surface area (Å²) in [4.78, 5) is 13.4. The van der Waals surface area contributed by atoms with Crippen molar-refractivity contribution in [2.24, 2.45) is 11.7 Å². The van der Waals surface area contributed by atoms with Crippen LogP contribution in [0.25, 0.3) is 5.65 Å². The van der Waals surface area contributed by atoms with Crippen molar-refractivity contribution in [3.05, 3.63) is 46.8 Å². The number of halogens is 2. The van der Waals surface area contributed by atoms with E-state index < -0.39 is 0 Å². The highest BCUT2D eigenvalue weighted by Crippen LogP contribution is 2.38. The molecule has 0 spiro atoms. The van der Waals surface area contributed by atoms with Gasteiger partial charge < -0.3 is 10.6 Å². The Balaban J connectivity index is 1.62. The van der Waals surface area contributed by atoms with Crippen LogP contribution < -0.4 is 10.6 Å². The van der Waals surface area contributed by atoms with Crippen LogP contribution in [0.3, 0.4) is 0 Å². The van der Waals surface area contributed by atoms with Crippen molar-refractivity contribution in [2.45, 2.75) is 35.6 Å². The molecular formula is C19H21Cl2N5S. The zero-order valence-corrected chi connectivity index (χ0v) is 17.3. The number of hydrogen-bond donors (Lipinski definition) is 1. The second kappa shape index (κ2) is 7.87. The molecule has 2 aromatic heterocycles. The first-order chi connectivity index (χ1) is 13.0. The summed E-state index contributed by atoms with van der Waals surface area (Å²) in [5.74, 6) is 1.51. The highest BCUT2D eigenvalue weighted by Gasteiger charge is 2.24. The molecule has 1 fully saturated rings. The van der Waals surface area contributed by atoms with Crippen molar-refractivity contribution in [1.29, 1.82) is 0 Å². The van der Waals surface area contributed by atoms with Gasteiger partial charge in [-0.3, -0.25) is 4.40 Å². The number of nitrogens with zero attached hydrogens (tertiary/aromatic N) is 4. The maximum Gasteiger partial charge on any atom is 0.211 e. The lowest BCUT2D eigenvalue weighted by molar-refractivity contribution is 0.352. The zero-order valence-electron chi connectivity index (χ0n) is 15.0. The van der Waals surface area contributed by atoms with E-state index in [9.17, 15) is 0 Å². The maximum atomic E-state index is 6.34. The summed E-state index contributed by atoms with van der Waals surface area (Å²) in [6.45, 7) is 4.01. The number of rotatable bonds is 4. The SMILES string of the molecule is C[C@@H](N)C1CCN(c2ncc(Sc3cccc(Cl)c3Cl)c3nccn23)CC1. The van der Waals surface area contributed by atoms with Crippen LogP contribution >= 0.6 is 35.0 Å². The summed E-state index contributed by atoms with van der Waals surface area (Å²) in [6.07, 6.45) is 7.81. The first-order valence-corrected chi connectivity index (χ1v) is 10.6. The van der Waals surface area contributed by atoms with Gasteiger partial charge in [0.25, 0.3) is 0 Å². The van der Waals surface area contributed by atoms with Crippen molar-refractivity contribution in [2.75, 3.05) is 18.0 Å². The summed E-state index contributed by atoms with van der Waals surface area (Å²) in [7, 11) is 0. The minimum absolute atomic E-state index is 0.245. The summed E-state index contributed by atoms with van der Waals surface area (Å²) >= 11 is 14.0. The second-order valence-corrected chi connectivity index (χ2v) is 8.75. The lowest BCUT2D eigenvalue weighted by Crippen LogP contribution is -2.40. The molecule has 2 N–H and O–H groups in total. The molecule has 142 valence electrons. The molecule has 27 heavy (non-hydrogen) atoms. The van der Waals surface area contributed by atoms with Gasteiger partial charge in [0.15, 0.2) is 5.65 Å². The van der Waals surface area contributed by atoms with E-state index in [1.807, 2.05) is 28.9 Å². The first-order valence-electron chi connectivity index (χ1n) is 8.99. The number of hydrogen-bond acceptors (Lipinski definition) is 5. The van der Waals surface area contributed by atoms with Crippen molar-refractivity contribution >= 4 is 46.6 Å². The predicted octanol–water partition coefficient (Wildman–Crippen LogP) is 4.75. The molecule has 1 aromatic carbocycles. The van der Waals surface area contributed by atoms with Gasteiger partial charge in [0.1, 0.15) is 0 Å². The Bertz CT molecular complexity index is 950. The molecule has 1 aliphatic heterocycles.